The van der Waals surface area contributed by atoms with Gasteiger partial charge in [-0.1, -0.05) is 13.8 Å². The predicted octanol–water partition coefficient (Wildman–Crippen LogP) is 3.89. The van der Waals surface area contributed by atoms with Crippen LogP contribution in [-0.4, -0.2) is 24.3 Å². The lowest BCUT2D eigenvalue weighted by atomic mass is 9.96. The highest BCUT2D eigenvalue weighted by molar-refractivity contribution is 5.04. The van der Waals surface area contributed by atoms with Gasteiger partial charge in [-0.05, 0) is 59.3 Å². The SMILES string of the molecule is CC(C)CC(C)OCCCCC(C)(C#N)NC(C)C. The van der Waals surface area contributed by atoms with Crippen molar-refractivity contribution in [3.8, 4) is 6.07 Å². The van der Waals surface area contributed by atoms with Crippen LogP contribution < -0.4 is 5.32 Å². The van der Waals surface area contributed by atoms with E-state index in [0.29, 0.717) is 18.1 Å². The van der Waals surface area contributed by atoms with Crippen molar-refractivity contribution >= 4 is 0 Å². The molecule has 112 valence electrons. The van der Waals surface area contributed by atoms with E-state index in [-0.39, 0.29) is 0 Å². The summed E-state index contributed by atoms with van der Waals surface area (Å²) in [5.41, 5.74) is -0.405. The third kappa shape index (κ3) is 9.92. The average Bonchev–Trinajstić information content (AvgIpc) is 2.26. The highest BCUT2D eigenvalue weighted by Gasteiger charge is 2.23. The minimum Gasteiger partial charge on any atom is -0.379 e. The van der Waals surface area contributed by atoms with Crippen LogP contribution in [0.5, 0.6) is 0 Å². The van der Waals surface area contributed by atoms with E-state index >= 15 is 0 Å². The molecule has 0 spiro atoms. The van der Waals surface area contributed by atoms with Gasteiger partial charge in [0.2, 0.25) is 0 Å². The first kappa shape index (κ1) is 18.4. The number of hydrogen-bond donors (Lipinski definition) is 1. The molecule has 0 aliphatic heterocycles. The average molecular weight is 268 g/mol. The van der Waals surface area contributed by atoms with E-state index in [1.165, 1.54) is 0 Å². The minimum absolute atomic E-state index is 0.340. The van der Waals surface area contributed by atoms with Crippen molar-refractivity contribution in [1.29, 1.82) is 5.26 Å². The number of rotatable bonds is 10. The molecule has 3 nitrogen and oxygen atoms in total. The first-order valence-corrected chi connectivity index (χ1v) is 7.59. The van der Waals surface area contributed by atoms with Crippen molar-refractivity contribution in [2.24, 2.45) is 5.92 Å². The molecule has 0 aromatic rings. The molecular weight excluding hydrogens is 236 g/mol. The van der Waals surface area contributed by atoms with Crippen LogP contribution >= 0.6 is 0 Å². The molecular formula is C16H32N2O. The van der Waals surface area contributed by atoms with E-state index in [1.807, 2.05) is 6.92 Å². The van der Waals surface area contributed by atoms with Crippen molar-refractivity contribution in [3.63, 3.8) is 0 Å². The predicted molar refractivity (Wildman–Crippen MR) is 81.0 cm³/mol. The molecule has 0 aliphatic carbocycles. The van der Waals surface area contributed by atoms with Crippen LogP contribution in [0.25, 0.3) is 0 Å². The molecule has 0 rings (SSSR count). The second-order valence-corrected chi connectivity index (χ2v) is 6.51. The number of nitriles is 1. The smallest absolute Gasteiger partial charge is 0.104 e. The standard InChI is InChI=1S/C16H32N2O/c1-13(2)11-15(5)19-10-8-7-9-16(6,12-17)18-14(3)4/h13-15,18H,7-11H2,1-6H3. The molecule has 0 aliphatic rings. The molecule has 2 unspecified atom stereocenters. The zero-order chi connectivity index (χ0) is 14.9. The summed E-state index contributed by atoms with van der Waals surface area (Å²) < 4.78 is 5.78. The van der Waals surface area contributed by atoms with Crippen LogP contribution in [0.4, 0.5) is 0 Å². The Morgan fingerprint density at radius 3 is 2.26 bits per heavy atom. The molecule has 2 atom stereocenters. The Hall–Kier alpha value is -0.590. The summed E-state index contributed by atoms with van der Waals surface area (Å²) in [6.07, 6.45) is 4.39. The molecule has 0 bridgehead atoms. The second kappa shape index (κ2) is 9.34. The molecule has 3 heteroatoms. The molecule has 1 N–H and O–H groups in total. The Labute approximate surface area is 119 Å². The Kier molecular flexibility index (Phi) is 9.05. The van der Waals surface area contributed by atoms with E-state index < -0.39 is 5.54 Å². The summed E-state index contributed by atoms with van der Waals surface area (Å²) in [4.78, 5) is 0. The molecule has 0 saturated heterocycles. The third-order valence-corrected chi connectivity index (χ3v) is 3.13. The van der Waals surface area contributed by atoms with Crippen LogP contribution in [0, 0.1) is 17.2 Å². The van der Waals surface area contributed by atoms with Gasteiger partial charge in [0, 0.05) is 12.6 Å². The Balaban J connectivity index is 3.76. The van der Waals surface area contributed by atoms with Gasteiger partial charge in [0.25, 0.3) is 0 Å². The third-order valence-electron chi connectivity index (χ3n) is 3.13. The van der Waals surface area contributed by atoms with Gasteiger partial charge in [0.1, 0.15) is 5.54 Å². The molecule has 19 heavy (non-hydrogen) atoms. The van der Waals surface area contributed by atoms with Gasteiger partial charge in [-0.3, -0.25) is 5.32 Å². The van der Waals surface area contributed by atoms with E-state index in [0.717, 1.165) is 32.3 Å². The fourth-order valence-electron chi connectivity index (χ4n) is 2.39. The summed E-state index contributed by atoms with van der Waals surface area (Å²) in [7, 11) is 0. The summed E-state index contributed by atoms with van der Waals surface area (Å²) in [5, 5.41) is 12.6. The highest BCUT2D eigenvalue weighted by Crippen LogP contribution is 2.15. The number of ether oxygens (including phenoxy) is 1. The maximum absolute atomic E-state index is 9.23. The van der Waals surface area contributed by atoms with Crippen LogP contribution in [0.1, 0.15) is 67.2 Å². The minimum atomic E-state index is -0.405. The number of nitrogens with zero attached hydrogens (tertiary/aromatic N) is 1. The summed E-state index contributed by atoms with van der Waals surface area (Å²) in [5.74, 6) is 0.687. The van der Waals surface area contributed by atoms with Crippen molar-refractivity contribution in [1.82, 2.24) is 5.32 Å². The van der Waals surface area contributed by atoms with Crippen LogP contribution in [0.2, 0.25) is 0 Å². The first-order valence-electron chi connectivity index (χ1n) is 7.59. The highest BCUT2D eigenvalue weighted by atomic mass is 16.5. The number of hydrogen-bond acceptors (Lipinski definition) is 3. The quantitative estimate of drug-likeness (QED) is 0.611. The van der Waals surface area contributed by atoms with Crippen molar-refractivity contribution in [3.05, 3.63) is 0 Å². The first-order chi connectivity index (χ1) is 8.79. The van der Waals surface area contributed by atoms with E-state index in [9.17, 15) is 5.26 Å². The Morgan fingerprint density at radius 1 is 1.16 bits per heavy atom. The molecule has 0 aromatic heterocycles. The molecule has 0 aromatic carbocycles. The Bertz CT molecular complexity index is 270. The zero-order valence-corrected chi connectivity index (χ0v) is 13.6. The van der Waals surface area contributed by atoms with Gasteiger partial charge < -0.3 is 4.74 Å². The molecule has 0 heterocycles. The zero-order valence-electron chi connectivity index (χ0n) is 13.6. The monoisotopic (exact) mass is 268 g/mol. The number of nitrogens with one attached hydrogen (secondary N) is 1. The molecule has 0 fully saturated rings. The maximum Gasteiger partial charge on any atom is 0.104 e. The van der Waals surface area contributed by atoms with Crippen LogP contribution in [0.15, 0.2) is 0 Å². The van der Waals surface area contributed by atoms with Crippen LogP contribution in [-0.2, 0) is 4.74 Å². The van der Waals surface area contributed by atoms with E-state index in [2.05, 4.69) is 46.0 Å². The summed E-state index contributed by atoms with van der Waals surface area (Å²) in [6.45, 7) is 13.5. The Morgan fingerprint density at radius 2 is 1.79 bits per heavy atom. The normalized spacial score (nSPS) is 16.4. The van der Waals surface area contributed by atoms with E-state index in [4.69, 9.17) is 4.74 Å². The van der Waals surface area contributed by atoms with Gasteiger partial charge in [-0.15, -0.1) is 0 Å². The van der Waals surface area contributed by atoms with Gasteiger partial charge in [-0.2, -0.15) is 5.26 Å². The van der Waals surface area contributed by atoms with Crippen molar-refractivity contribution < 1.29 is 4.74 Å². The molecule has 0 saturated carbocycles. The van der Waals surface area contributed by atoms with Crippen molar-refractivity contribution in [2.75, 3.05) is 6.61 Å². The summed E-state index contributed by atoms with van der Waals surface area (Å²) >= 11 is 0. The largest absolute Gasteiger partial charge is 0.379 e. The maximum atomic E-state index is 9.23. The fourth-order valence-corrected chi connectivity index (χ4v) is 2.39. The topological polar surface area (TPSA) is 45.0 Å². The van der Waals surface area contributed by atoms with Gasteiger partial charge in [-0.25, -0.2) is 0 Å². The summed E-state index contributed by atoms with van der Waals surface area (Å²) in [6, 6.07) is 2.72. The lowest BCUT2D eigenvalue weighted by molar-refractivity contribution is 0.0489. The fraction of sp³-hybridized carbons (Fsp3) is 0.938. The van der Waals surface area contributed by atoms with Crippen molar-refractivity contribution in [2.45, 2.75) is 84.9 Å². The van der Waals surface area contributed by atoms with Crippen LogP contribution in [0.3, 0.4) is 0 Å². The number of unbranched alkanes of at least 4 members (excludes halogenated alkanes) is 1. The van der Waals surface area contributed by atoms with E-state index in [1.54, 1.807) is 0 Å². The van der Waals surface area contributed by atoms with Gasteiger partial charge in [0.05, 0.1) is 12.2 Å². The lowest BCUT2D eigenvalue weighted by Gasteiger charge is -2.26. The second-order valence-electron chi connectivity index (χ2n) is 6.51. The van der Waals surface area contributed by atoms with Gasteiger partial charge >= 0.3 is 0 Å². The molecule has 0 radical (unpaired) electrons. The molecule has 0 amide bonds. The van der Waals surface area contributed by atoms with Gasteiger partial charge in [0.15, 0.2) is 0 Å². The lowest BCUT2D eigenvalue weighted by Crippen LogP contribution is -2.44.